The van der Waals surface area contributed by atoms with Crippen LogP contribution in [0.2, 0.25) is 0 Å². The largest absolute Gasteiger partial charge is 0.279 e. The Hall–Kier alpha value is -4.38. The van der Waals surface area contributed by atoms with E-state index in [1.165, 1.54) is 5.56 Å². The van der Waals surface area contributed by atoms with Crippen LogP contribution in [0.1, 0.15) is 0 Å². The number of nitrogens with zero attached hydrogens (tertiary/aromatic N) is 3. The number of hydrogen-bond donors (Lipinski definition) is 2. The molecule has 0 aliphatic carbocycles. The minimum Gasteiger partial charge on any atom is -0.279 e. The molecule has 0 amide bonds. The van der Waals surface area contributed by atoms with Crippen LogP contribution in [0.4, 0.5) is 17.3 Å². The number of aromatic amines is 2. The maximum Gasteiger partial charge on any atom is 0.142 e. The molecule has 0 fully saturated rings. The first-order valence-corrected chi connectivity index (χ1v) is 10.2. The lowest BCUT2D eigenvalue weighted by molar-refractivity contribution is 1.04. The molecule has 4 aromatic carbocycles. The molecule has 31 heavy (non-hydrogen) atoms. The van der Waals surface area contributed by atoms with Gasteiger partial charge < -0.3 is 0 Å². The van der Waals surface area contributed by atoms with Gasteiger partial charge in [-0.2, -0.15) is 10.2 Å². The van der Waals surface area contributed by atoms with Crippen molar-refractivity contribution < 1.29 is 0 Å². The second kappa shape index (κ2) is 7.15. The molecule has 0 saturated carbocycles. The van der Waals surface area contributed by atoms with Crippen molar-refractivity contribution in [1.29, 1.82) is 0 Å². The van der Waals surface area contributed by atoms with E-state index in [9.17, 15) is 0 Å². The van der Waals surface area contributed by atoms with Crippen molar-refractivity contribution in [3.05, 3.63) is 103 Å². The summed E-state index contributed by atoms with van der Waals surface area (Å²) in [6.45, 7) is 0. The topological polar surface area (TPSA) is 60.6 Å². The third-order valence-corrected chi connectivity index (χ3v) is 5.54. The van der Waals surface area contributed by atoms with Gasteiger partial charge in [-0.15, -0.1) is 0 Å². The summed E-state index contributed by atoms with van der Waals surface area (Å²) in [5.41, 5.74) is 5.19. The summed E-state index contributed by atoms with van der Waals surface area (Å²) in [7, 11) is 0. The number of hydrogen-bond acceptors (Lipinski definition) is 3. The van der Waals surface area contributed by atoms with Gasteiger partial charge in [0.05, 0.1) is 11.0 Å². The Morgan fingerprint density at radius 3 is 1.71 bits per heavy atom. The molecule has 0 unspecified atom stereocenters. The highest BCUT2D eigenvalue weighted by Gasteiger charge is 2.21. The Morgan fingerprint density at radius 1 is 0.516 bits per heavy atom. The van der Waals surface area contributed by atoms with Crippen LogP contribution in [0.15, 0.2) is 103 Å². The summed E-state index contributed by atoms with van der Waals surface area (Å²) in [5.74, 6) is 1.80. The predicted molar refractivity (Wildman–Crippen MR) is 126 cm³/mol. The maximum atomic E-state index is 4.53. The first kappa shape index (κ1) is 17.5. The SMILES string of the molecule is c1ccc(-c2cccc(N(c3[nH]nc4ccccc34)c3[nH]nc4ccccc34)c2)cc1. The molecule has 0 atom stereocenters. The molecule has 0 aliphatic rings. The molecule has 0 radical (unpaired) electrons. The molecule has 2 N–H and O–H groups in total. The standard InChI is InChI=1S/C26H19N5/c1-2-9-18(10-3-1)19-11-8-12-20(17-19)31(25-21-13-4-6-15-23(21)27-29-25)26-22-14-5-7-16-24(22)28-30-26/h1-17H,(H,27,29)(H,28,30). The van der Waals surface area contributed by atoms with Crippen molar-refractivity contribution >= 4 is 39.1 Å². The van der Waals surface area contributed by atoms with E-state index in [2.05, 4.69) is 86.0 Å². The number of anilines is 3. The molecule has 5 nitrogen and oxygen atoms in total. The van der Waals surface area contributed by atoms with Crippen molar-refractivity contribution in [3.63, 3.8) is 0 Å². The van der Waals surface area contributed by atoms with Gasteiger partial charge in [0, 0.05) is 16.5 Å². The van der Waals surface area contributed by atoms with Gasteiger partial charge in [0.25, 0.3) is 0 Å². The Morgan fingerprint density at radius 2 is 1.06 bits per heavy atom. The van der Waals surface area contributed by atoms with Gasteiger partial charge in [0.2, 0.25) is 0 Å². The summed E-state index contributed by atoms with van der Waals surface area (Å²) in [6, 6.07) is 35.2. The van der Waals surface area contributed by atoms with E-state index >= 15 is 0 Å². The van der Waals surface area contributed by atoms with Crippen molar-refractivity contribution in [2.75, 3.05) is 4.90 Å². The zero-order valence-corrected chi connectivity index (χ0v) is 16.7. The molecule has 0 bridgehead atoms. The van der Waals surface area contributed by atoms with Crippen molar-refractivity contribution in [2.45, 2.75) is 0 Å². The maximum absolute atomic E-state index is 4.53. The van der Waals surface area contributed by atoms with E-state index in [-0.39, 0.29) is 0 Å². The molecule has 5 heteroatoms. The number of H-pyrrole nitrogens is 2. The lowest BCUT2D eigenvalue weighted by Crippen LogP contribution is -2.11. The van der Waals surface area contributed by atoms with Gasteiger partial charge in [-0.25, -0.2) is 0 Å². The van der Waals surface area contributed by atoms with Crippen LogP contribution in [-0.4, -0.2) is 20.4 Å². The minimum atomic E-state index is 0.898. The Balaban J connectivity index is 1.60. The third-order valence-electron chi connectivity index (χ3n) is 5.54. The van der Waals surface area contributed by atoms with E-state index in [0.717, 1.165) is 44.7 Å². The van der Waals surface area contributed by atoms with Crippen LogP contribution in [0.3, 0.4) is 0 Å². The van der Waals surface area contributed by atoms with Crippen molar-refractivity contribution in [2.24, 2.45) is 0 Å². The number of benzene rings is 4. The first-order valence-electron chi connectivity index (χ1n) is 10.2. The molecule has 0 aliphatic heterocycles. The normalized spacial score (nSPS) is 11.2. The van der Waals surface area contributed by atoms with Gasteiger partial charge >= 0.3 is 0 Å². The number of para-hydroxylation sites is 2. The van der Waals surface area contributed by atoms with Crippen molar-refractivity contribution in [1.82, 2.24) is 20.4 Å². The molecule has 2 heterocycles. The first-order chi connectivity index (χ1) is 15.4. The second-order valence-corrected chi connectivity index (χ2v) is 7.43. The van der Waals surface area contributed by atoms with Gasteiger partial charge in [0.15, 0.2) is 0 Å². The summed E-state index contributed by atoms with van der Waals surface area (Å²) >= 11 is 0. The fraction of sp³-hybridized carbons (Fsp3) is 0. The monoisotopic (exact) mass is 401 g/mol. The summed E-state index contributed by atoms with van der Waals surface area (Å²) < 4.78 is 0. The van der Waals surface area contributed by atoms with Crippen molar-refractivity contribution in [3.8, 4) is 11.1 Å². The highest BCUT2D eigenvalue weighted by molar-refractivity contribution is 6.01. The summed E-state index contributed by atoms with van der Waals surface area (Å²) in [5, 5.41) is 17.7. The quantitative estimate of drug-likeness (QED) is 0.351. The fourth-order valence-corrected chi connectivity index (χ4v) is 4.06. The van der Waals surface area contributed by atoms with E-state index in [0.29, 0.717) is 0 Å². The molecule has 0 saturated heterocycles. The Labute approximate surface area is 179 Å². The number of aromatic nitrogens is 4. The summed E-state index contributed by atoms with van der Waals surface area (Å²) in [4.78, 5) is 2.16. The molecule has 148 valence electrons. The van der Waals surface area contributed by atoms with Crippen LogP contribution in [0, 0.1) is 0 Å². The average molecular weight is 401 g/mol. The lowest BCUT2D eigenvalue weighted by Gasteiger charge is -2.23. The van der Waals surface area contributed by atoms with Gasteiger partial charge in [-0.3, -0.25) is 15.1 Å². The Kier molecular flexibility index (Phi) is 4.03. The van der Waals surface area contributed by atoms with E-state index in [4.69, 9.17) is 0 Å². The number of nitrogens with one attached hydrogen (secondary N) is 2. The van der Waals surface area contributed by atoms with Gasteiger partial charge in [0.1, 0.15) is 11.6 Å². The molecule has 6 rings (SSSR count). The smallest absolute Gasteiger partial charge is 0.142 e. The molecule has 0 spiro atoms. The molecule has 6 aromatic rings. The lowest BCUT2D eigenvalue weighted by atomic mass is 10.0. The highest BCUT2D eigenvalue weighted by atomic mass is 15.3. The molecular formula is C26H19N5. The number of fused-ring (bicyclic) bond motifs is 2. The fourth-order valence-electron chi connectivity index (χ4n) is 4.06. The Bertz CT molecular complexity index is 1420. The zero-order chi connectivity index (χ0) is 20.6. The average Bonchev–Trinajstić information content (AvgIpc) is 3.46. The van der Waals surface area contributed by atoms with E-state index in [1.54, 1.807) is 0 Å². The molecule has 2 aromatic heterocycles. The van der Waals surface area contributed by atoms with Crippen LogP contribution >= 0.6 is 0 Å². The predicted octanol–water partition coefficient (Wildman–Crippen LogP) is 6.58. The summed E-state index contributed by atoms with van der Waals surface area (Å²) in [6.07, 6.45) is 0. The van der Waals surface area contributed by atoms with Crippen LogP contribution in [0.25, 0.3) is 32.9 Å². The van der Waals surface area contributed by atoms with E-state index < -0.39 is 0 Å². The zero-order valence-electron chi connectivity index (χ0n) is 16.7. The van der Waals surface area contributed by atoms with Crippen LogP contribution in [0.5, 0.6) is 0 Å². The van der Waals surface area contributed by atoms with Crippen LogP contribution in [-0.2, 0) is 0 Å². The van der Waals surface area contributed by atoms with Gasteiger partial charge in [-0.1, -0.05) is 66.7 Å². The molecular weight excluding hydrogens is 382 g/mol. The van der Waals surface area contributed by atoms with Crippen LogP contribution < -0.4 is 4.90 Å². The third kappa shape index (κ3) is 2.95. The second-order valence-electron chi connectivity index (χ2n) is 7.43. The number of rotatable bonds is 4. The van der Waals surface area contributed by atoms with E-state index in [1.807, 2.05) is 42.5 Å². The highest BCUT2D eigenvalue weighted by Crippen LogP contribution is 2.40. The van der Waals surface area contributed by atoms with Gasteiger partial charge in [-0.05, 0) is 47.5 Å². The minimum absolute atomic E-state index is 0.898.